The minimum Gasteiger partial charge on any atom is -0.497 e. The first-order chi connectivity index (χ1) is 16.4. The van der Waals surface area contributed by atoms with Crippen LogP contribution in [0.3, 0.4) is 0 Å². The number of allylic oxidation sites excluding steroid dienone is 1. The predicted octanol–water partition coefficient (Wildman–Crippen LogP) is 6.80. The van der Waals surface area contributed by atoms with Gasteiger partial charge in [0.05, 0.1) is 20.5 Å². The lowest BCUT2D eigenvalue weighted by molar-refractivity contribution is -0.116. The number of furan rings is 1. The minimum atomic E-state index is -0.185. The summed E-state index contributed by atoms with van der Waals surface area (Å²) in [5, 5.41) is 4.54. The molecule has 0 bridgehead atoms. The second kappa shape index (κ2) is 10.1. The zero-order valence-corrected chi connectivity index (χ0v) is 20.3. The number of amides is 1. The zero-order chi connectivity index (χ0) is 24.2. The minimum absolute atomic E-state index is 0.185. The van der Waals surface area contributed by atoms with Crippen LogP contribution >= 0.6 is 11.6 Å². The maximum absolute atomic E-state index is 12.6. The molecule has 4 rings (SSSR count). The Hall–Kier alpha value is -3.70. The van der Waals surface area contributed by atoms with Crippen molar-refractivity contribution in [1.29, 1.82) is 0 Å². The molecule has 0 aliphatic rings. The Morgan fingerprint density at radius 2 is 1.76 bits per heavy atom. The quantitative estimate of drug-likeness (QED) is 0.299. The normalized spacial score (nSPS) is 11.5. The van der Waals surface area contributed by atoms with E-state index in [0.717, 1.165) is 50.1 Å². The standard InChI is InChI=1S/C28H26ClNO4/c1-17(13-26(31)30-15-19-5-9-21(29)10-6-19)23-14-24-25(20-7-11-22(32-3)12-8-20)16-34-28(24)18(2)27(23)33-4/h5-14,16H,15H2,1-4H3,(H,30,31)/b17-13+. The highest BCUT2D eigenvalue weighted by molar-refractivity contribution is 6.30. The topological polar surface area (TPSA) is 60.7 Å². The molecule has 174 valence electrons. The van der Waals surface area contributed by atoms with Crippen molar-refractivity contribution in [3.8, 4) is 22.6 Å². The number of aryl methyl sites for hydroxylation is 1. The molecule has 34 heavy (non-hydrogen) atoms. The Kier molecular flexibility index (Phi) is 6.94. The molecule has 1 heterocycles. The number of carbonyl (C=O) groups excluding carboxylic acids is 1. The summed E-state index contributed by atoms with van der Waals surface area (Å²) in [6.07, 6.45) is 3.34. The summed E-state index contributed by atoms with van der Waals surface area (Å²) in [5.41, 5.74) is 6.21. The van der Waals surface area contributed by atoms with E-state index in [1.54, 1.807) is 38.7 Å². The van der Waals surface area contributed by atoms with E-state index >= 15 is 0 Å². The van der Waals surface area contributed by atoms with E-state index in [9.17, 15) is 4.79 Å². The molecule has 1 aromatic heterocycles. The van der Waals surface area contributed by atoms with Crippen LogP contribution in [0.15, 0.2) is 71.4 Å². The van der Waals surface area contributed by atoms with Gasteiger partial charge in [-0.3, -0.25) is 4.79 Å². The van der Waals surface area contributed by atoms with Crippen molar-refractivity contribution in [3.05, 3.63) is 88.6 Å². The summed E-state index contributed by atoms with van der Waals surface area (Å²) in [4.78, 5) is 12.6. The van der Waals surface area contributed by atoms with Crippen molar-refractivity contribution in [1.82, 2.24) is 5.32 Å². The first-order valence-corrected chi connectivity index (χ1v) is 11.2. The molecule has 0 spiro atoms. The van der Waals surface area contributed by atoms with Crippen molar-refractivity contribution in [2.75, 3.05) is 14.2 Å². The highest BCUT2D eigenvalue weighted by Crippen LogP contribution is 2.40. The molecule has 1 amide bonds. The molecule has 4 aromatic rings. The number of rotatable bonds is 7. The van der Waals surface area contributed by atoms with Crippen molar-refractivity contribution in [3.63, 3.8) is 0 Å². The molecule has 0 saturated carbocycles. The summed E-state index contributed by atoms with van der Waals surface area (Å²) < 4.78 is 16.9. The Morgan fingerprint density at radius 1 is 1.06 bits per heavy atom. The van der Waals surface area contributed by atoms with Gasteiger partial charge >= 0.3 is 0 Å². The van der Waals surface area contributed by atoms with E-state index < -0.39 is 0 Å². The number of ether oxygens (including phenoxy) is 2. The SMILES string of the molecule is COc1ccc(-c2coc3c(C)c(OC)c(/C(C)=C/C(=O)NCc4ccc(Cl)cc4)cc23)cc1. The maximum atomic E-state index is 12.6. The van der Waals surface area contributed by atoms with Gasteiger partial charge in [0.1, 0.15) is 17.1 Å². The number of benzene rings is 3. The molecular formula is C28H26ClNO4. The van der Waals surface area contributed by atoms with Gasteiger partial charge in [-0.05, 0) is 60.9 Å². The van der Waals surface area contributed by atoms with E-state index in [-0.39, 0.29) is 5.91 Å². The smallest absolute Gasteiger partial charge is 0.244 e. The van der Waals surface area contributed by atoms with Crippen molar-refractivity contribution in [2.45, 2.75) is 20.4 Å². The molecule has 0 aliphatic heterocycles. The van der Waals surface area contributed by atoms with Gasteiger partial charge in [0.25, 0.3) is 0 Å². The van der Waals surface area contributed by atoms with Gasteiger partial charge in [-0.1, -0.05) is 35.9 Å². The van der Waals surface area contributed by atoms with Crippen molar-refractivity contribution in [2.24, 2.45) is 0 Å². The van der Waals surface area contributed by atoms with Crippen molar-refractivity contribution < 1.29 is 18.7 Å². The monoisotopic (exact) mass is 475 g/mol. The van der Waals surface area contributed by atoms with Gasteiger partial charge < -0.3 is 19.2 Å². The summed E-state index contributed by atoms with van der Waals surface area (Å²) in [6.45, 7) is 4.27. The van der Waals surface area contributed by atoms with Crippen LogP contribution in [-0.4, -0.2) is 20.1 Å². The maximum Gasteiger partial charge on any atom is 0.244 e. The Labute approximate surface area is 203 Å². The van der Waals surface area contributed by atoms with Gasteiger partial charge in [-0.2, -0.15) is 0 Å². The van der Waals surface area contributed by atoms with Crippen LogP contribution in [0.5, 0.6) is 11.5 Å². The Bertz CT molecular complexity index is 1350. The zero-order valence-electron chi connectivity index (χ0n) is 19.6. The van der Waals surface area contributed by atoms with Crippen LogP contribution in [0, 0.1) is 6.92 Å². The molecule has 1 N–H and O–H groups in total. The fraction of sp³-hybridized carbons (Fsp3) is 0.179. The van der Waals surface area contributed by atoms with E-state index in [1.165, 1.54) is 0 Å². The van der Waals surface area contributed by atoms with Crippen molar-refractivity contribution >= 4 is 34.1 Å². The Morgan fingerprint density at radius 3 is 2.41 bits per heavy atom. The third kappa shape index (κ3) is 4.80. The van der Waals surface area contributed by atoms with Crippen LogP contribution in [-0.2, 0) is 11.3 Å². The summed E-state index contributed by atoms with van der Waals surface area (Å²) in [7, 11) is 3.27. The molecule has 0 radical (unpaired) electrons. The lowest BCUT2D eigenvalue weighted by Crippen LogP contribution is -2.20. The van der Waals surface area contributed by atoms with Gasteiger partial charge in [-0.15, -0.1) is 0 Å². The van der Waals surface area contributed by atoms with Crippen LogP contribution in [0.4, 0.5) is 0 Å². The lowest BCUT2D eigenvalue weighted by Gasteiger charge is -2.13. The van der Waals surface area contributed by atoms with E-state index in [1.807, 2.05) is 56.3 Å². The second-order valence-electron chi connectivity index (χ2n) is 8.01. The second-order valence-corrected chi connectivity index (χ2v) is 8.44. The highest BCUT2D eigenvalue weighted by Gasteiger charge is 2.19. The van der Waals surface area contributed by atoms with E-state index in [0.29, 0.717) is 17.3 Å². The molecule has 0 unspecified atom stereocenters. The molecule has 0 saturated heterocycles. The van der Waals surface area contributed by atoms with Crippen LogP contribution in [0.25, 0.3) is 27.7 Å². The number of fused-ring (bicyclic) bond motifs is 1. The summed E-state index contributed by atoms with van der Waals surface area (Å²) >= 11 is 5.93. The number of carbonyl (C=O) groups is 1. The van der Waals surface area contributed by atoms with Gasteiger partial charge in [0.2, 0.25) is 5.91 Å². The average Bonchev–Trinajstić information content (AvgIpc) is 3.28. The molecule has 5 nitrogen and oxygen atoms in total. The molecule has 0 aliphatic carbocycles. The summed E-state index contributed by atoms with van der Waals surface area (Å²) in [5.74, 6) is 1.29. The largest absolute Gasteiger partial charge is 0.497 e. The number of methoxy groups -OCH3 is 2. The number of hydrogen-bond donors (Lipinski definition) is 1. The third-order valence-corrected chi connectivity index (χ3v) is 6.05. The van der Waals surface area contributed by atoms with Gasteiger partial charge in [0, 0.05) is 39.7 Å². The molecule has 0 fully saturated rings. The third-order valence-electron chi connectivity index (χ3n) is 5.80. The predicted molar refractivity (Wildman–Crippen MR) is 136 cm³/mol. The van der Waals surface area contributed by atoms with Crippen LogP contribution in [0.1, 0.15) is 23.6 Å². The molecular weight excluding hydrogens is 450 g/mol. The fourth-order valence-electron chi connectivity index (χ4n) is 3.98. The average molecular weight is 476 g/mol. The van der Waals surface area contributed by atoms with E-state index in [2.05, 4.69) is 5.32 Å². The first kappa shape index (κ1) is 23.5. The number of hydrogen-bond acceptors (Lipinski definition) is 4. The first-order valence-electron chi connectivity index (χ1n) is 10.9. The van der Waals surface area contributed by atoms with Crippen LogP contribution in [0.2, 0.25) is 5.02 Å². The molecule has 3 aromatic carbocycles. The van der Waals surface area contributed by atoms with Gasteiger partial charge in [-0.25, -0.2) is 0 Å². The summed E-state index contributed by atoms with van der Waals surface area (Å²) in [6, 6.07) is 17.2. The fourth-order valence-corrected chi connectivity index (χ4v) is 4.11. The lowest BCUT2D eigenvalue weighted by atomic mass is 9.96. The highest BCUT2D eigenvalue weighted by atomic mass is 35.5. The van der Waals surface area contributed by atoms with Crippen LogP contribution < -0.4 is 14.8 Å². The van der Waals surface area contributed by atoms with E-state index in [4.69, 9.17) is 25.5 Å². The molecule has 6 heteroatoms. The number of halogens is 1. The van der Waals surface area contributed by atoms with Gasteiger partial charge in [0.15, 0.2) is 0 Å². The Balaban J connectivity index is 1.67. The number of nitrogens with one attached hydrogen (secondary N) is 1. The molecule has 0 atom stereocenters.